The van der Waals surface area contributed by atoms with Crippen LogP contribution in [-0.2, 0) is 11.3 Å². The number of hydrogen-bond acceptors (Lipinski definition) is 4. The molecule has 0 aliphatic carbocycles. The number of methoxy groups -OCH3 is 2. The van der Waals surface area contributed by atoms with Crippen LogP contribution in [0.3, 0.4) is 0 Å². The van der Waals surface area contributed by atoms with E-state index in [1.165, 1.54) is 0 Å². The number of carbonyl (C=O) groups is 1. The first-order chi connectivity index (χ1) is 12.5. The molecule has 0 unspecified atom stereocenters. The Kier molecular flexibility index (Phi) is 8.00. The minimum Gasteiger partial charge on any atom is -0.497 e. The molecule has 1 fully saturated rings. The summed E-state index contributed by atoms with van der Waals surface area (Å²) >= 11 is 0. The van der Waals surface area contributed by atoms with E-state index in [1.807, 2.05) is 23.1 Å². The maximum absolute atomic E-state index is 12.6. The van der Waals surface area contributed by atoms with Gasteiger partial charge in [-0.15, -0.1) is 0 Å². The number of nitrogens with one attached hydrogen (secondary N) is 1. The minimum absolute atomic E-state index is 0.00634. The summed E-state index contributed by atoms with van der Waals surface area (Å²) < 4.78 is 16.2. The second-order valence-electron chi connectivity index (χ2n) is 6.74. The highest BCUT2D eigenvalue weighted by Gasteiger charge is 2.20. The van der Waals surface area contributed by atoms with Gasteiger partial charge >= 0.3 is 6.03 Å². The van der Waals surface area contributed by atoms with Crippen molar-refractivity contribution in [3.8, 4) is 11.5 Å². The van der Waals surface area contributed by atoms with E-state index in [4.69, 9.17) is 14.2 Å². The van der Waals surface area contributed by atoms with Crippen LogP contribution in [0.4, 0.5) is 4.79 Å². The van der Waals surface area contributed by atoms with Crippen molar-refractivity contribution in [1.29, 1.82) is 0 Å². The number of nitrogens with zero attached hydrogens (tertiary/aromatic N) is 2. The van der Waals surface area contributed by atoms with Gasteiger partial charge in [-0.2, -0.15) is 0 Å². The van der Waals surface area contributed by atoms with Crippen LogP contribution < -0.4 is 14.4 Å². The van der Waals surface area contributed by atoms with Crippen LogP contribution in [0.15, 0.2) is 18.2 Å². The molecule has 0 bridgehead atoms. The molecule has 1 aliphatic rings. The van der Waals surface area contributed by atoms with Crippen molar-refractivity contribution in [2.45, 2.75) is 13.0 Å². The van der Waals surface area contributed by atoms with Crippen molar-refractivity contribution in [1.82, 2.24) is 9.80 Å². The third kappa shape index (κ3) is 5.78. The van der Waals surface area contributed by atoms with Crippen molar-refractivity contribution in [3.05, 3.63) is 23.8 Å². The number of rotatable bonds is 8. The monoisotopic (exact) mass is 366 g/mol. The molecule has 0 aromatic heterocycles. The predicted octanol–water partition coefficient (Wildman–Crippen LogP) is 0.493. The van der Waals surface area contributed by atoms with E-state index in [0.717, 1.165) is 56.3 Å². The average Bonchev–Trinajstić information content (AvgIpc) is 2.67. The van der Waals surface area contributed by atoms with E-state index in [2.05, 4.69) is 0 Å². The molecule has 146 valence electrons. The number of hydrogen-bond donors (Lipinski definition) is 1. The third-order valence-corrected chi connectivity index (χ3v) is 4.66. The smallest absolute Gasteiger partial charge is 0.319 e. The van der Waals surface area contributed by atoms with Gasteiger partial charge in [0.1, 0.15) is 24.6 Å². The lowest BCUT2D eigenvalue weighted by Gasteiger charge is -2.28. The quantitative estimate of drug-likeness (QED) is 0.728. The Morgan fingerprint density at radius 3 is 2.54 bits per heavy atom. The van der Waals surface area contributed by atoms with Crippen molar-refractivity contribution < 1.29 is 23.9 Å². The normalized spacial score (nSPS) is 14.8. The van der Waals surface area contributed by atoms with Gasteiger partial charge in [0.2, 0.25) is 0 Å². The molecule has 2 rings (SSSR count). The lowest BCUT2D eigenvalue weighted by atomic mass is 10.1. The molecule has 1 aliphatic heterocycles. The summed E-state index contributed by atoms with van der Waals surface area (Å²) in [6.07, 6.45) is 0.960. The van der Waals surface area contributed by atoms with Gasteiger partial charge in [-0.05, 0) is 18.2 Å². The van der Waals surface area contributed by atoms with Crippen molar-refractivity contribution in [3.63, 3.8) is 0 Å². The van der Waals surface area contributed by atoms with Gasteiger partial charge in [0.05, 0.1) is 40.5 Å². The Balaban J connectivity index is 2.03. The van der Waals surface area contributed by atoms with Gasteiger partial charge in [0.15, 0.2) is 0 Å². The number of urea groups is 1. The third-order valence-electron chi connectivity index (χ3n) is 4.66. The first kappa shape index (κ1) is 20.3. The largest absolute Gasteiger partial charge is 0.497 e. The lowest BCUT2D eigenvalue weighted by Crippen LogP contribution is -3.14. The van der Waals surface area contributed by atoms with Gasteiger partial charge in [0.25, 0.3) is 0 Å². The van der Waals surface area contributed by atoms with Gasteiger partial charge in [-0.3, -0.25) is 0 Å². The van der Waals surface area contributed by atoms with Crippen LogP contribution >= 0.6 is 0 Å². The Labute approximate surface area is 156 Å². The van der Waals surface area contributed by atoms with Crippen molar-refractivity contribution in [2.75, 3.05) is 67.7 Å². The fourth-order valence-corrected chi connectivity index (χ4v) is 3.17. The topological polar surface area (TPSA) is 55.7 Å². The SMILES string of the molecule is COc1ccc(OC)c(CN(CCC[NH+]2CCOCC2)C(=O)N(C)C)c1. The fraction of sp³-hybridized carbons (Fsp3) is 0.632. The number of ether oxygens (including phenoxy) is 3. The standard InChI is InChI=1S/C19H31N3O4/c1-20(2)19(23)22(9-5-8-21-10-12-26-13-11-21)15-16-14-17(24-3)6-7-18(16)25-4/h6-7,14H,5,8-13,15H2,1-4H3/p+1. The molecule has 7 nitrogen and oxygen atoms in total. The fourth-order valence-electron chi connectivity index (χ4n) is 3.17. The summed E-state index contributed by atoms with van der Waals surface area (Å²) in [7, 11) is 6.85. The molecule has 1 saturated heterocycles. The molecule has 7 heteroatoms. The molecule has 1 aromatic rings. The van der Waals surface area contributed by atoms with Crippen LogP contribution in [0.2, 0.25) is 0 Å². The molecule has 2 amide bonds. The van der Waals surface area contributed by atoms with E-state index < -0.39 is 0 Å². The van der Waals surface area contributed by atoms with E-state index in [0.29, 0.717) is 13.1 Å². The molecule has 0 saturated carbocycles. The highest BCUT2D eigenvalue weighted by molar-refractivity contribution is 5.74. The highest BCUT2D eigenvalue weighted by Crippen LogP contribution is 2.25. The first-order valence-corrected chi connectivity index (χ1v) is 9.13. The molecule has 0 atom stereocenters. The Bertz CT molecular complexity index is 574. The number of carbonyl (C=O) groups excluding carboxylic acids is 1. The molecule has 0 spiro atoms. The number of benzene rings is 1. The zero-order chi connectivity index (χ0) is 18.9. The Morgan fingerprint density at radius 1 is 1.19 bits per heavy atom. The summed E-state index contributed by atoms with van der Waals surface area (Å²) in [5.74, 6) is 1.52. The second kappa shape index (κ2) is 10.2. The maximum atomic E-state index is 12.6. The molecule has 1 N–H and O–H groups in total. The maximum Gasteiger partial charge on any atom is 0.319 e. The summed E-state index contributed by atoms with van der Waals surface area (Å²) in [6, 6.07) is 5.68. The summed E-state index contributed by atoms with van der Waals surface area (Å²) in [6.45, 7) is 6.01. The van der Waals surface area contributed by atoms with E-state index in [-0.39, 0.29) is 6.03 Å². The number of amides is 2. The van der Waals surface area contributed by atoms with Gasteiger partial charge in [-0.1, -0.05) is 0 Å². The minimum atomic E-state index is 0.00634. The molecule has 1 heterocycles. The highest BCUT2D eigenvalue weighted by atomic mass is 16.5. The van der Waals surface area contributed by atoms with Crippen LogP contribution in [0, 0.1) is 0 Å². The predicted molar refractivity (Wildman–Crippen MR) is 100 cm³/mol. The zero-order valence-electron chi connectivity index (χ0n) is 16.4. The van der Waals surface area contributed by atoms with Crippen LogP contribution in [0.5, 0.6) is 11.5 Å². The van der Waals surface area contributed by atoms with E-state index in [9.17, 15) is 4.79 Å². The van der Waals surface area contributed by atoms with Crippen LogP contribution in [-0.4, -0.2) is 83.5 Å². The van der Waals surface area contributed by atoms with E-state index >= 15 is 0 Å². The molecule has 26 heavy (non-hydrogen) atoms. The zero-order valence-corrected chi connectivity index (χ0v) is 16.4. The second-order valence-corrected chi connectivity index (χ2v) is 6.74. The van der Waals surface area contributed by atoms with Crippen LogP contribution in [0.25, 0.3) is 0 Å². The van der Waals surface area contributed by atoms with Crippen molar-refractivity contribution in [2.24, 2.45) is 0 Å². The average molecular weight is 366 g/mol. The molecular formula is C19H32N3O4+. The summed E-state index contributed by atoms with van der Waals surface area (Å²) in [5, 5.41) is 0. The van der Waals surface area contributed by atoms with E-state index in [1.54, 1.807) is 38.1 Å². The van der Waals surface area contributed by atoms with Gasteiger partial charge in [0, 0.05) is 32.6 Å². The van der Waals surface area contributed by atoms with Gasteiger partial charge < -0.3 is 28.9 Å². The number of quaternary nitrogens is 1. The lowest BCUT2D eigenvalue weighted by molar-refractivity contribution is -0.908. The first-order valence-electron chi connectivity index (χ1n) is 9.13. The van der Waals surface area contributed by atoms with Crippen LogP contribution in [0.1, 0.15) is 12.0 Å². The Morgan fingerprint density at radius 2 is 1.92 bits per heavy atom. The summed E-state index contributed by atoms with van der Waals surface area (Å²) in [4.78, 5) is 17.7. The molecular weight excluding hydrogens is 334 g/mol. The number of morpholine rings is 1. The summed E-state index contributed by atoms with van der Waals surface area (Å²) in [5.41, 5.74) is 0.945. The molecule has 1 aromatic carbocycles. The Hall–Kier alpha value is -1.99. The van der Waals surface area contributed by atoms with Gasteiger partial charge in [-0.25, -0.2) is 4.79 Å². The molecule has 0 radical (unpaired) electrons. The van der Waals surface area contributed by atoms with Crippen molar-refractivity contribution >= 4 is 6.03 Å².